The molecule has 0 saturated heterocycles. The number of benzene rings is 2. The molecule has 7 nitrogen and oxygen atoms in total. The van der Waals surface area contributed by atoms with Crippen molar-refractivity contribution in [2.24, 2.45) is 5.92 Å². The maximum Gasteiger partial charge on any atom is 0.227 e. The molecule has 1 N–H and O–H groups in total. The zero-order valence-corrected chi connectivity index (χ0v) is 21.6. The molecule has 2 aromatic carbocycles. The minimum absolute atomic E-state index is 0.324. The van der Waals surface area contributed by atoms with Crippen LogP contribution in [-0.2, 0) is 17.7 Å². The summed E-state index contributed by atoms with van der Waals surface area (Å²) in [5, 5.41) is 15.5. The highest BCUT2D eigenvalue weighted by Gasteiger charge is 2.24. The zero-order valence-electron chi connectivity index (χ0n) is 21.6. The molecule has 3 aromatic rings. The maximum absolute atomic E-state index is 10.6. The van der Waals surface area contributed by atoms with Gasteiger partial charge in [0.25, 0.3) is 0 Å². The van der Waals surface area contributed by atoms with E-state index in [0.717, 1.165) is 35.7 Å². The summed E-state index contributed by atoms with van der Waals surface area (Å²) >= 11 is 0. The van der Waals surface area contributed by atoms with Gasteiger partial charge in [0.2, 0.25) is 5.88 Å². The van der Waals surface area contributed by atoms with Gasteiger partial charge in [-0.05, 0) is 55.7 Å². The number of hydrogen-bond acceptors (Lipinski definition) is 6. The maximum atomic E-state index is 10.6. The molecule has 0 spiro atoms. The Morgan fingerprint density at radius 3 is 2.26 bits per heavy atom. The summed E-state index contributed by atoms with van der Waals surface area (Å²) in [6.07, 6.45) is 0.208. The fraction of sp³-hybridized carbons (Fsp3) is 0.464. The Hall–Kier alpha value is -2.87. The Kier molecular flexibility index (Phi) is 10.1. The quantitative estimate of drug-likeness (QED) is 0.346. The SMILES string of the molecule is CCOC[C@@H](O)CN(Cc1c(CC)nn(-c2ccccc2)c1Oc1ccc(OC)cc1)CC(C)C. The molecule has 0 aliphatic carbocycles. The van der Waals surface area contributed by atoms with Crippen LogP contribution in [-0.4, -0.2) is 59.3 Å². The second-order valence-electron chi connectivity index (χ2n) is 9.01. The van der Waals surface area contributed by atoms with Gasteiger partial charge in [-0.3, -0.25) is 4.90 Å². The van der Waals surface area contributed by atoms with Gasteiger partial charge in [0.05, 0.1) is 36.8 Å². The molecular weight excluding hydrogens is 442 g/mol. The summed E-state index contributed by atoms with van der Waals surface area (Å²) in [5.74, 6) is 2.61. The van der Waals surface area contributed by atoms with Gasteiger partial charge < -0.3 is 19.3 Å². The van der Waals surface area contributed by atoms with Crippen molar-refractivity contribution in [3.8, 4) is 23.1 Å². The number of rotatable bonds is 14. The van der Waals surface area contributed by atoms with Crippen LogP contribution in [0.2, 0.25) is 0 Å². The van der Waals surface area contributed by atoms with E-state index in [1.165, 1.54) is 0 Å². The largest absolute Gasteiger partial charge is 0.497 e. The van der Waals surface area contributed by atoms with Gasteiger partial charge in [-0.25, -0.2) is 4.68 Å². The third-order valence-electron chi connectivity index (χ3n) is 5.62. The van der Waals surface area contributed by atoms with Crippen LogP contribution in [0.3, 0.4) is 0 Å². The minimum atomic E-state index is -0.561. The van der Waals surface area contributed by atoms with E-state index >= 15 is 0 Å². The van der Waals surface area contributed by atoms with E-state index in [-0.39, 0.29) is 0 Å². The van der Waals surface area contributed by atoms with E-state index in [2.05, 4.69) is 25.7 Å². The van der Waals surface area contributed by atoms with Crippen LogP contribution in [0.5, 0.6) is 17.4 Å². The van der Waals surface area contributed by atoms with Gasteiger partial charge in [0.15, 0.2) is 0 Å². The van der Waals surface area contributed by atoms with Crippen LogP contribution in [0, 0.1) is 5.92 Å². The summed E-state index contributed by atoms with van der Waals surface area (Å²) in [6.45, 7) is 11.3. The number of hydrogen-bond donors (Lipinski definition) is 1. The molecule has 190 valence electrons. The summed E-state index contributed by atoms with van der Waals surface area (Å²) in [5.41, 5.74) is 2.94. The average molecular weight is 482 g/mol. The van der Waals surface area contributed by atoms with Gasteiger partial charge >= 0.3 is 0 Å². The number of aliphatic hydroxyl groups excluding tert-OH is 1. The number of aromatic nitrogens is 2. The number of nitrogens with zero attached hydrogens (tertiary/aromatic N) is 3. The van der Waals surface area contributed by atoms with E-state index in [0.29, 0.717) is 43.9 Å². The Labute approximate surface area is 209 Å². The number of aliphatic hydroxyl groups is 1. The highest BCUT2D eigenvalue weighted by Crippen LogP contribution is 2.33. The third kappa shape index (κ3) is 7.56. The molecule has 7 heteroatoms. The molecule has 0 amide bonds. The molecule has 3 rings (SSSR count). The monoisotopic (exact) mass is 481 g/mol. The Balaban J connectivity index is 2.00. The van der Waals surface area contributed by atoms with Gasteiger partial charge in [-0.15, -0.1) is 0 Å². The van der Waals surface area contributed by atoms with Crippen molar-refractivity contribution in [2.45, 2.75) is 46.8 Å². The van der Waals surface area contributed by atoms with Gasteiger partial charge in [-0.1, -0.05) is 39.0 Å². The normalized spacial score (nSPS) is 12.3. The van der Waals surface area contributed by atoms with Crippen LogP contribution < -0.4 is 9.47 Å². The predicted octanol–water partition coefficient (Wildman–Crippen LogP) is 5.09. The first-order valence-electron chi connectivity index (χ1n) is 12.4. The molecule has 1 atom stereocenters. The van der Waals surface area contributed by atoms with Crippen molar-refractivity contribution in [3.05, 3.63) is 65.9 Å². The number of ether oxygens (including phenoxy) is 3. The molecule has 0 unspecified atom stereocenters. The molecule has 0 radical (unpaired) electrons. The lowest BCUT2D eigenvalue weighted by atomic mass is 10.1. The standard InChI is InChI=1S/C28H39N3O4/c1-6-27-26(19-30(17-21(3)4)18-23(32)20-34-7-2)28(31(29-27)22-11-9-8-10-12-22)35-25-15-13-24(33-5)14-16-25/h8-16,21,23,32H,6-7,17-20H2,1-5H3/t23-/m0/s1. The van der Waals surface area contributed by atoms with Crippen molar-refractivity contribution in [2.75, 3.05) is 33.4 Å². The van der Waals surface area contributed by atoms with Crippen molar-refractivity contribution in [3.63, 3.8) is 0 Å². The molecule has 0 aliphatic heterocycles. The highest BCUT2D eigenvalue weighted by molar-refractivity contribution is 5.44. The number of methoxy groups -OCH3 is 1. The first kappa shape index (κ1) is 26.7. The first-order valence-corrected chi connectivity index (χ1v) is 12.4. The smallest absolute Gasteiger partial charge is 0.227 e. The Bertz CT molecular complexity index is 1020. The Morgan fingerprint density at radius 2 is 1.66 bits per heavy atom. The van der Waals surface area contributed by atoms with Gasteiger partial charge in [-0.2, -0.15) is 5.10 Å². The summed E-state index contributed by atoms with van der Waals surface area (Å²) in [4.78, 5) is 2.26. The van der Waals surface area contributed by atoms with Crippen LogP contribution in [0.25, 0.3) is 5.69 Å². The summed E-state index contributed by atoms with van der Waals surface area (Å²) < 4.78 is 19.1. The second kappa shape index (κ2) is 13.3. The summed E-state index contributed by atoms with van der Waals surface area (Å²) in [6, 6.07) is 17.6. The molecule has 1 aromatic heterocycles. The van der Waals surface area contributed by atoms with E-state index in [1.807, 2.05) is 66.2 Å². The van der Waals surface area contributed by atoms with Crippen molar-refractivity contribution < 1.29 is 19.3 Å². The van der Waals surface area contributed by atoms with Crippen molar-refractivity contribution in [1.29, 1.82) is 0 Å². The topological polar surface area (TPSA) is 69.0 Å². The van der Waals surface area contributed by atoms with Gasteiger partial charge in [0.1, 0.15) is 11.5 Å². The number of aryl methyl sites for hydroxylation is 1. The average Bonchev–Trinajstić information content (AvgIpc) is 3.20. The fourth-order valence-electron chi connectivity index (χ4n) is 4.07. The van der Waals surface area contributed by atoms with E-state index in [4.69, 9.17) is 19.3 Å². The molecule has 0 aliphatic rings. The second-order valence-corrected chi connectivity index (χ2v) is 9.01. The molecule has 35 heavy (non-hydrogen) atoms. The fourth-order valence-corrected chi connectivity index (χ4v) is 4.07. The van der Waals surface area contributed by atoms with Crippen LogP contribution in [0.15, 0.2) is 54.6 Å². The van der Waals surface area contributed by atoms with Crippen LogP contribution in [0.1, 0.15) is 39.0 Å². The van der Waals surface area contributed by atoms with Crippen molar-refractivity contribution in [1.82, 2.24) is 14.7 Å². The lowest BCUT2D eigenvalue weighted by Crippen LogP contribution is -2.37. The van der Waals surface area contributed by atoms with E-state index in [1.54, 1.807) is 7.11 Å². The lowest BCUT2D eigenvalue weighted by molar-refractivity contribution is 0.0173. The lowest BCUT2D eigenvalue weighted by Gasteiger charge is -2.27. The minimum Gasteiger partial charge on any atom is -0.497 e. The molecule has 0 bridgehead atoms. The zero-order chi connectivity index (χ0) is 25.2. The third-order valence-corrected chi connectivity index (χ3v) is 5.62. The molecule has 0 saturated carbocycles. The van der Waals surface area contributed by atoms with E-state index < -0.39 is 6.10 Å². The predicted molar refractivity (Wildman–Crippen MR) is 139 cm³/mol. The molecular formula is C28H39N3O4. The molecule has 1 heterocycles. The van der Waals surface area contributed by atoms with Crippen LogP contribution in [0.4, 0.5) is 0 Å². The van der Waals surface area contributed by atoms with Gasteiger partial charge in [0, 0.05) is 26.2 Å². The summed E-state index contributed by atoms with van der Waals surface area (Å²) in [7, 11) is 1.65. The highest BCUT2D eigenvalue weighted by atomic mass is 16.5. The number of para-hydroxylation sites is 1. The molecule has 0 fully saturated rings. The van der Waals surface area contributed by atoms with Crippen molar-refractivity contribution >= 4 is 0 Å². The van der Waals surface area contributed by atoms with Crippen LogP contribution >= 0.6 is 0 Å². The Morgan fingerprint density at radius 1 is 0.971 bits per heavy atom. The first-order chi connectivity index (χ1) is 16.9. The van der Waals surface area contributed by atoms with E-state index in [9.17, 15) is 5.11 Å².